The second-order valence-corrected chi connectivity index (χ2v) is 6.76. The maximum absolute atomic E-state index is 13.9. The van der Waals surface area contributed by atoms with Crippen molar-refractivity contribution in [1.82, 2.24) is 14.7 Å². The lowest BCUT2D eigenvalue weighted by molar-refractivity contribution is -0.137. The first-order valence-corrected chi connectivity index (χ1v) is 8.94. The predicted molar refractivity (Wildman–Crippen MR) is 99.5 cm³/mol. The average Bonchev–Trinajstić information content (AvgIpc) is 3.06. The van der Waals surface area contributed by atoms with Crippen LogP contribution in [0.1, 0.15) is 6.42 Å². The predicted octanol–water partition coefficient (Wildman–Crippen LogP) is 1.47. The molecule has 0 saturated carbocycles. The molecule has 2 atom stereocenters. The summed E-state index contributed by atoms with van der Waals surface area (Å²) in [5.41, 5.74) is 0.283. The van der Waals surface area contributed by atoms with Gasteiger partial charge in [-0.1, -0.05) is 12.1 Å². The van der Waals surface area contributed by atoms with E-state index in [0.717, 1.165) is 4.90 Å². The van der Waals surface area contributed by atoms with Crippen LogP contribution in [-0.4, -0.2) is 73.1 Å². The van der Waals surface area contributed by atoms with Gasteiger partial charge in [0.05, 0.1) is 11.6 Å². The first-order valence-electron chi connectivity index (χ1n) is 8.94. The molecule has 0 bridgehead atoms. The standard InChI is InChI=1S/C19H23FN4O4/c1-22-17-12(18(26)23(2)19(22)27)11-15(24(17)9-6-10-28-3)16(25)21-14-8-5-4-7-13(14)20/h4-5,7-8,11-12,17H,6,9-10H2,1-3H3,(H,21,25). The topological polar surface area (TPSA) is 82.2 Å². The molecule has 1 saturated heterocycles. The van der Waals surface area contributed by atoms with Gasteiger partial charge in [-0.05, 0) is 24.6 Å². The number of rotatable bonds is 6. The minimum atomic E-state index is -0.670. The quantitative estimate of drug-likeness (QED) is 0.744. The molecule has 0 aliphatic carbocycles. The van der Waals surface area contributed by atoms with E-state index in [9.17, 15) is 18.8 Å². The van der Waals surface area contributed by atoms with Crippen LogP contribution in [0.25, 0.3) is 0 Å². The molecule has 1 fully saturated rings. The lowest BCUT2D eigenvalue weighted by atomic mass is 10.0. The molecule has 9 heteroatoms. The Labute approximate surface area is 162 Å². The normalized spacial score (nSPS) is 21.7. The molecular weight excluding hydrogens is 367 g/mol. The molecule has 0 aromatic heterocycles. The first-order chi connectivity index (χ1) is 13.4. The molecule has 1 N–H and O–H groups in total. The number of nitrogens with zero attached hydrogens (tertiary/aromatic N) is 3. The zero-order valence-electron chi connectivity index (χ0n) is 16.0. The molecule has 2 unspecified atom stereocenters. The molecule has 2 aliphatic rings. The van der Waals surface area contributed by atoms with E-state index in [1.54, 1.807) is 31.2 Å². The number of amides is 4. The number of para-hydroxylation sites is 1. The maximum atomic E-state index is 13.9. The Morgan fingerprint density at radius 3 is 2.64 bits per heavy atom. The molecule has 4 amide bonds. The van der Waals surface area contributed by atoms with Crippen molar-refractivity contribution in [2.24, 2.45) is 5.92 Å². The van der Waals surface area contributed by atoms with Crippen molar-refractivity contribution in [3.63, 3.8) is 0 Å². The molecular formula is C19H23FN4O4. The van der Waals surface area contributed by atoms with Crippen LogP contribution in [-0.2, 0) is 14.3 Å². The van der Waals surface area contributed by atoms with Crippen LogP contribution in [0.4, 0.5) is 14.9 Å². The van der Waals surface area contributed by atoms with E-state index in [-0.39, 0.29) is 17.3 Å². The van der Waals surface area contributed by atoms with Gasteiger partial charge >= 0.3 is 6.03 Å². The molecule has 2 aliphatic heterocycles. The number of methoxy groups -OCH3 is 1. The summed E-state index contributed by atoms with van der Waals surface area (Å²) in [6.45, 7) is 0.863. The zero-order chi connectivity index (χ0) is 20.4. The third kappa shape index (κ3) is 3.45. The number of halogens is 1. The van der Waals surface area contributed by atoms with Crippen molar-refractivity contribution in [1.29, 1.82) is 0 Å². The van der Waals surface area contributed by atoms with Crippen molar-refractivity contribution in [2.45, 2.75) is 12.6 Å². The Morgan fingerprint density at radius 2 is 1.96 bits per heavy atom. The van der Waals surface area contributed by atoms with E-state index < -0.39 is 29.8 Å². The second kappa shape index (κ2) is 7.97. The van der Waals surface area contributed by atoms with E-state index in [0.29, 0.717) is 19.6 Å². The summed E-state index contributed by atoms with van der Waals surface area (Å²) in [7, 11) is 4.58. The number of ether oxygens (including phenoxy) is 1. The lowest BCUT2D eigenvalue weighted by Crippen LogP contribution is -2.62. The summed E-state index contributed by atoms with van der Waals surface area (Å²) in [5, 5.41) is 2.55. The smallest absolute Gasteiger partial charge is 0.327 e. The number of carbonyl (C=O) groups is 3. The molecule has 3 rings (SSSR count). The minimum Gasteiger partial charge on any atom is -0.385 e. The Kier molecular flexibility index (Phi) is 5.64. The zero-order valence-corrected chi connectivity index (χ0v) is 16.0. The summed E-state index contributed by atoms with van der Waals surface area (Å²) in [6, 6.07) is 5.41. The summed E-state index contributed by atoms with van der Waals surface area (Å²) in [5.74, 6) is -2.13. The van der Waals surface area contributed by atoms with Crippen molar-refractivity contribution in [2.75, 3.05) is 39.7 Å². The van der Waals surface area contributed by atoms with Crippen LogP contribution in [0, 0.1) is 11.7 Å². The number of hydrogen-bond donors (Lipinski definition) is 1. The van der Waals surface area contributed by atoms with Crippen LogP contribution in [0.5, 0.6) is 0 Å². The lowest BCUT2D eigenvalue weighted by Gasteiger charge is -2.43. The summed E-state index contributed by atoms with van der Waals surface area (Å²) in [4.78, 5) is 42.1. The first kappa shape index (κ1) is 19.8. The highest BCUT2D eigenvalue weighted by atomic mass is 19.1. The average molecular weight is 390 g/mol. The monoisotopic (exact) mass is 390 g/mol. The van der Waals surface area contributed by atoms with E-state index in [1.165, 1.54) is 30.1 Å². The van der Waals surface area contributed by atoms with Gasteiger partial charge in [0, 0.05) is 34.4 Å². The van der Waals surface area contributed by atoms with Crippen LogP contribution < -0.4 is 5.32 Å². The van der Waals surface area contributed by atoms with Gasteiger partial charge in [0.25, 0.3) is 5.91 Å². The van der Waals surface area contributed by atoms with Gasteiger partial charge in [0.2, 0.25) is 5.91 Å². The number of urea groups is 1. The molecule has 1 aromatic rings. The van der Waals surface area contributed by atoms with E-state index >= 15 is 0 Å². The highest BCUT2D eigenvalue weighted by Gasteiger charge is 2.50. The SMILES string of the molecule is COCCCN1C(C(=O)Nc2ccccc2F)=CC2C(=O)N(C)C(=O)N(C)C21. The Morgan fingerprint density at radius 1 is 1.25 bits per heavy atom. The van der Waals surface area contributed by atoms with Gasteiger partial charge in [0.15, 0.2) is 0 Å². The molecule has 8 nitrogen and oxygen atoms in total. The van der Waals surface area contributed by atoms with E-state index in [1.807, 2.05) is 0 Å². The third-order valence-electron chi connectivity index (χ3n) is 4.99. The largest absolute Gasteiger partial charge is 0.385 e. The fourth-order valence-electron chi connectivity index (χ4n) is 3.59. The number of fused-ring (bicyclic) bond motifs is 1. The van der Waals surface area contributed by atoms with Crippen molar-refractivity contribution < 1.29 is 23.5 Å². The van der Waals surface area contributed by atoms with Crippen LogP contribution >= 0.6 is 0 Å². The van der Waals surface area contributed by atoms with Gasteiger partial charge < -0.3 is 19.9 Å². The van der Waals surface area contributed by atoms with Crippen LogP contribution in [0.2, 0.25) is 0 Å². The second-order valence-electron chi connectivity index (χ2n) is 6.76. The molecule has 2 heterocycles. The Bertz CT molecular complexity index is 828. The minimum absolute atomic E-state index is 0.0491. The van der Waals surface area contributed by atoms with E-state index in [2.05, 4.69) is 5.32 Å². The number of carbonyl (C=O) groups excluding carboxylic acids is 3. The highest BCUT2D eigenvalue weighted by Crippen LogP contribution is 2.35. The molecule has 1 aromatic carbocycles. The van der Waals surface area contributed by atoms with Crippen molar-refractivity contribution in [3.8, 4) is 0 Å². The molecule has 28 heavy (non-hydrogen) atoms. The van der Waals surface area contributed by atoms with Gasteiger partial charge in [-0.25, -0.2) is 9.18 Å². The maximum Gasteiger partial charge on any atom is 0.327 e. The molecule has 150 valence electrons. The van der Waals surface area contributed by atoms with Crippen LogP contribution in [0.15, 0.2) is 36.0 Å². The molecule has 0 spiro atoms. The third-order valence-corrected chi connectivity index (χ3v) is 4.99. The number of hydrogen-bond acceptors (Lipinski definition) is 5. The van der Waals surface area contributed by atoms with Gasteiger partial charge in [-0.3, -0.25) is 14.5 Å². The summed E-state index contributed by atoms with van der Waals surface area (Å²) < 4.78 is 19.0. The number of nitrogens with one attached hydrogen (secondary N) is 1. The summed E-state index contributed by atoms with van der Waals surface area (Å²) in [6.07, 6.45) is 1.54. The molecule has 0 radical (unpaired) electrons. The Hall–Kier alpha value is -2.94. The Balaban J connectivity index is 1.90. The van der Waals surface area contributed by atoms with Crippen molar-refractivity contribution >= 4 is 23.5 Å². The fraction of sp³-hybridized carbons (Fsp3) is 0.421. The van der Waals surface area contributed by atoms with Crippen LogP contribution in [0.3, 0.4) is 0 Å². The number of anilines is 1. The van der Waals surface area contributed by atoms with E-state index in [4.69, 9.17) is 4.74 Å². The van der Waals surface area contributed by atoms with Gasteiger partial charge in [-0.15, -0.1) is 0 Å². The number of imide groups is 1. The highest BCUT2D eigenvalue weighted by molar-refractivity contribution is 6.06. The fourth-order valence-corrected chi connectivity index (χ4v) is 3.59. The number of benzene rings is 1. The van der Waals surface area contributed by atoms with Gasteiger partial charge in [-0.2, -0.15) is 0 Å². The van der Waals surface area contributed by atoms with Gasteiger partial charge in [0.1, 0.15) is 17.7 Å². The van der Waals surface area contributed by atoms with Crippen molar-refractivity contribution in [3.05, 3.63) is 41.9 Å². The summed E-state index contributed by atoms with van der Waals surface area (Å²) >= 11 is 0.